The number of nitrogens with one attached hydrogen (secondary N) is 1. The van der Waals surface area contributed by atoms with E-state index in [0.717, 1.165) is 6.54 Å². The highest BCUT2D eigenvalue weighted by molar-refractivity contribution is 5.99. The van der Waals surface area contributed by atoms with E-state index >= 15 is 0 Å². The molecule has 0 fully saturated rings. The van der Waals surface area contributed by atoms with Gasteiger partial charge >= 0.3 is 0 Å². The van der Waals surface area contributed by atoms with Gasteiger partial charge in [-0.2, -0.15) is 0 Å². The van der Waals surface area contributed by atoms with Gasteiger partial charge in [0.15, 0.2) is 0 Å². The number of nitrogens with zero attached hydrogens (tertiary/aromatic N) is 2. The number of hydrogen-bond donors (Lipinski definition) is 1. The number of benzene rings is 1. The van der Waals surface area contributed by atoms with E-state index in [0.29, 0.717) is 30.2 Å². The lowest BCUT2D eigenvalue weighted by Gasteiger charge is -2.34. The van der Waals surface area contributed by atoms with E-state index in [1.807, 2.05) is 0 Å². The Balaban J connectivity index is 2.37. The molecule has 1 aliphatic rings. The molecule has 162 valence electrons. The van der Waals surface area contributed by atoms with Gasteiger partial charge < -0.3 is 24.4 Å². The molecular weight excluding hydrogens is 374 g/mol. The zero-order chi connectivity index (χ0) is 21.6. The van der Waals surface area contributed by atoms with Crippen molar-refractivity contribution < 1.29 is 23.8 Å². The number of fused-ring (bicyclic) bond motifs is 1. The van der Waals surface area contributed by atoms with Crippen LogP contribution in [-0.4, -0.2) is 88.4 Å². The fraction of sp³-hybridized carbons (Fsp3) is 0.619. The lowest BCUT2D eigenvalue weighted by atomic mass is 10.0. The molecule has 8 nitrogen and oxygen atoms in total. The molecule has 1 aliphatic heterocycles. The van der Waals surface area contributed by atoms with Crippen LogP contribution in [0.15, 0.2) is 18.2 Å². The highest BCUT2D eigenvalue weighted by atomic mass is 16.5. The predicted octanol–water partition coefficient (Wildman–Crippen LogP) is 1.71. The lowest BCUT2D eigenvalue weighted by molar-refractivity contribution is -0.119. The predicted molar refractivity (Wildman–Crippen MR) is 111 cm³/mol. The van der Waals surface area contributed by atoms with Crippen LogP contribution in [0.5, 0.6) is 5.75 Å². The van der Waals surface area contributed by atoms with Crippen molar-refractivity contribution in [2.45, 2.75) is 26.0 Å². The van der Waals surface area contributed by atoms with Crippen LogP contribution in [-0.2, 0) is 14.3 Å². The van der Waals surface area contributed by atoms with E-state index in [2.05, 4.69) is 31.1 Å². The van der Waals surface area contributed by atoms with Crippen LogP contribution in [0.2, 0.25) is 0 Å². The molecule has 1 aromatic rings. The van der Waals surface area contributed by atoms with Gasteiger partial charge in [-0.1, -0.05) is 6.92 Å². The number of carbonyl (C=O) groups excluding carboxylic acids is 2. The Morgan fingerprint density at radius 3 is 2.62 bits per heavy atom. The Morgan fingerprint density at radius 2 is 1.97 bits per heavy atom. The average Bonchev–Trinajstić information content (AvgIpc) is 2.69. The number of likely N-dealkylation sites (N-methyl/N-ethyl adjacent to an activating group) is 2. The average molecular weight is 408 g/mol. The van der Waals surface area contributed by atoms with E-state index in [-0.39, 0.29) is 36.5 Å². The second-order valence-corrected chi connectivity index (χ2v) is 7.73. The molecule has 0 aromatic heterocycles. The fourth-order valence-electron chi connectivity index (χ4n) is 3.36. The zero-order valence-corrected chi connectivity index (χ0v) is 18.2. The van der Waals surface area contributed by atoms with Gasteiger partial charge in [-0.3, -0.25) is 14.5 Å². The van der Waals surface area contributed by atoms with E-state index in [1.54, 1.807) is 37.3 Å². The van der Waals surface area contributed by atoms with E-state index in [4.69, 9.17) is 14.2 Å². The highest BCUT2D eigenvalue weighted by Gasteiger charge is 2.27. The zero-order valence-electron chi connectivity index (χ0n) is 18.2. The maximum Gasteiger partial charge on any atom is 0.257 e. The Hall–Kier alpha value is -2.16. The van der Waals surface area contributed by atoms with Crippen LogP contribution in [0.3, 0.4) is 0 Å². The van der Waals surface area contributed by atoms with Gasteiger partial charge in [0.25, 0.3) is 5.91 Å². The maximum atomic E-state index is 13.2. The summed E-state index contributed by atoms with van der Waals surface area (Å²) in [6, 6.07) is 5.25. The smallest absolute Gasteiger partial charge is 0.257 e. The summed E-state index contributed by atoms with van der Waals surface area (Å²) in [7, 11) is 6.94. The van der Waals surface area contributed by atoms with Crippen molar-refractivity contribution in [3.05, 3.63) is 23.8 Å². The van der Waals surface area contributed by atoms with Crippen LogP contribution in [0.25, 0.3) is 0 Å². The largest absolute Gasteiger partial charge is 0.491 e. The number of ether oxygens (including phenoxy) is 3. The Morgan fingerprint density at radius 1 is 1.24 bits per heavy atom. The molecule has 1 heterocycles. The molecule has 0 radical (unpaired) electrons. The third-order valence-electron chi connectivity index (χ3n) is 5.32. The van der Waals surface area contributed by atoms with Crippen LogP contribution in [0.1, 0.15) is 24.2 Å². The monoisotopic (exact) mass is 407 g/mol. The minimum absolute atomic E-state index is 0.0569. The van der Waals surface area contributed by atoms with Crippen LogP contribution in [0.4, 0.5) is 5.69 Å². The summed E-state index contributed by atoms with van der Waals surface area (Å²) in [4.78, 5) is 28.9. The van der Waals surface area contributed by atoms with Crippen molar-refractivity contribution in [1.82, 2.24) is 9.80 Å². The lowest BCUT2D eigenvalue weighted by Crippen LogP contribution is -2.45. The minimum Gasteiger partial charge on any atom is -0.491 e. The number of carbonyl (C=O) groups is 2. The summed E-state index contributed by atoms with van der Waals surface area (Å²) < 4.78 is 16.5. The number of anilines is 1. The number of methoxy groups -OCH3 is 2. The molecule has 1 N–H and O–H groups in total. The quantitative estimate of drug-likeness (QED) is 0.819. The summed E-state index contributed by atoms with van der Waals surface area (Å²) in [5.74, 6) is 0.264. The first-order valence-corrected chi connectivity index (χ1v) is 9.80. The summed E-state index contributed by atoms with van der Waals surface area (Å²) in [6.07, 6.45) is -0.0908. The summed E-state index contributed by atoms with van der Waals surface area (Å²) in [6.45, 7) is 5.90. The normalized spacial score (nSPS) is 24.1. The van der Waals surface area contributed by atoms with Gasteiger partial charge in [-0.15, -0.1) is 0 Å². The molecule has 0 saturated heterocycles. The van der Waals surface area contributed by atoms with E-state index < -0.39 is 0 Å². The molecule has 0 saturated carbocycles. The second-order valence-electron chi connectivity index (χ2n) is 7.73. The van der Waals surface area contributed by atoms with Gasteiger partial charge in [-0.05, 0) is 38.1 Å². The Labute approximate surface area is 173 Å². The molecule has 2 rings (SSSR count). The molecule has 0 aliphatic carbocycles. The maximum absolute atomic E-state index is 13.2. The molecule has 0 spiro atoms. The second kappa shape index (κ2) is 10.6. The molecule has 8 heteroatoms. The van der Waals surface area contributed by atoms with Crippen molar-refractivity contribution >= 4 is 17.5 Å². The SMILES string of the molecule is COCC(=O)Nc1ccc2c(c1)C(=O)N(C)C[C@@H](OC)[C@@H](C)CN(C)[C@H](C)CO2. The summed E-state index contributed by atoms with van der Waals surface area (Å²) in [5, 5.41) is 2.73. The standard InChI is InChI=1S/C21H33N3O5/c1-14-10-23(3)15(2)12-29-18-8-7-16(22-20(25)13-27-5)9-17(18)21(26)24(4)11-19(14)28-6/h7-9,14-15,19H,10-13H2,1-6H3,(H,22,25)/t14-,15+,19+/m0/s1. The molecular formula is C21H33N3O5. The molecule has 3 atom stereocenters. The molecule has 0 bridgehead atoms. The summed E-state index contributed by atoms with van der Waals surface area (Å²) >= 11 is 0. The minimum atomic E-state index is -0.286. The third-order valence-corrected chi connectivity index (χ3v) is 5.32. The van der Waals surface area contributed by atoms with E-state index in [9.17, 15) is 9.59 Å². The van der Waals surface area contributed by atoms with Crippen molar-refractivity contribution in [3.8, 4) is 5.75 Å². The first-order valence-electron chi connectivity index (χ1n) is 9.80. The first-order chi connectivity index (χ1) is 13.8. The topological polar surface area (TPSA) is 80.3 Å². The first kappa shape index (κ1) is 23.1. The van der Waals surface area contributed by atoms with Gasteiger partial charge in [0.05, 0.1) is 11.7 Å². The fourth-order valence-corrected chi connectivity index (χ4v) is 3.36. The van der Waals surface area contributed by atoms with E-state index in [1.165, 1.54) is 7.11 Å². The number of hydrogen-bond acceptors (Lipinski definition) is 6. The van der Waals surface area contributed by atoms with Crippen molar-refractivity contribution in [2.75, 3.05) is 59.9 Å². The molecule has 1 aromatic carbocycles. The van der Waals surface area contributed by atoms with Crippen LogP contribution >= 0.6 is 0 Å². The van der Waals surface area contributed by atoms with Crippen molar-refractivity contribution in [2.24, 2.45) is 5.92 Å². The van der Waals surface area contributed by atoms with Crippen LogP contribution in [0, 0.1) is 5.92 Å². The van der Waals surface area contributed by atoms with Gasteiger partial charge in [-0.25, -0.2) is 0 Å². The Kier molecular flexibility index (Phi) is 8.43. The van der Waals surface area contributed by atoms with Crippen molar-refractivity contribution in [3.63, 3.8) is 0 Å². The highest BCUT2D eigenvalue weighted by Crippen LogP contribution is 2.26. The molecule has 29 heavy (non-hydrogen) atoms. The van der Waals surface area contributed by atoms with Gasteiger partial charge in [0.2, 0.25) is 5.91 Å². The molecule has 0 unspecified atom stereocenters. The van der Waals surface area contributed by atoms with Crippen LogP contribution < -0.4 is 10.1 Å². The third kappa shape index (κ3) is 6.16. The van der Waals surface area contributed by atoms with Crippen molar-refractivity contribution in [1.29, 1.82) is 0 Å². The summed E-state index contributed by atoms with van der Waals surface area (Å²) in [5.41, 5.74) is 0.922. The van der Waals surface area contributed by atoms with Gasteiger partial charge in [0.1, 0.15) is 19.0 Å². The number of amides is 2. The van der Waals surface area contributed by atoms with Gasteiger partial charge in [0, 0.05) is 46.1 Å². The Bertz CT molecular complexity index is 712. The number of rotatable bonds is 4. The molecule has 2 amide bonds.